The van der Waals surface area contributed by atoms with E-state index in [1.165, 1.54) is 5.56 Å². The third-order valence-corrected chi connectivity index (χ3v) is 3.81. The fourth-order valence-electron chi connectivity index (χ4n) is 1.92. The lowest BCUT2D eigenvalue weighted by Gasteiger charge is -2.11. The van der Waals surface area contributed by atoms with Gasteiger partial charge in [-0.2, -0.15) is 0 Å². The molecule has 0 amide bonds. The van der Waals surface area contributed by atoms with Gasteiger partial charge < -0.3 is 4.74 Å². The minimum Gasteiger partial charge on any atom is -0.422 e. The average Bonchev–Trinajstić information content (AvgIpc) is 2.41. The van der Waals surface area contributed by atoms with Crippen LogP contribution in [-0.4, -0.2) is 5.97 Å². The predicted molar refractivity (Wildman–Crippen MR) is 84.4 cm³/mol. The molecule has 0 aliphatic rings. The van der Waals surface area contributed by atoms with Crippen LogP contribution in [0, 0.1) is 6.92 Å². The molecule has 3 heteroatoms. The highest BCUT2D eigenvalue weighted by Crippen LogP contribution is 2.29. The lowest BCUT2D eigenvalue weighted by atomic mass is 10.0. The zero-order valence-corrected chi connectivity index (χ0v) is 13.4. The quantitative estimate of drug-likeness (QED) is 0.577. The Labute approximate surface area is 127 Å². The standard InChI is InChI=1S/C17H17BrO2/c1-11(2)13-8-9-16(15(18)10-13)20-17(19)14-7-5-4-6-12(14)3/h4-11H,1-3H3. The number of halogens is 1. The van der Waals surface area contributed by atoms with Crippen molar-refractivity contribution in [2.75, 3.05) is 0 Å². The number of hydrogen-bond acceptors (Lipinski definition) is 2. The summed E-state index contributed by atoms with van der Waals surface area (Å²) in [5, 5.41) is 0. The van der Waals surface area contributed by atoms with Gasteiger partial charge in [0.05, 0.1) is 10.0 Å². The summed E-state index contributed by atoms with van der Waals surface area (Å²) >= 11 is 3.46. The van der Waals surface area contributed by atoms with Crippen LogP contribution in [0.5, 0.6) is 5.75 Å². The summed E-state index contributed by atoms with van der Waals surface area (Å²) < 4.78 is 6.26. The van der Waals surface area contributed by atoms with E-state index in [0.29, 0.717) is 17.2 Å². The van der Waals surface area contributed by atoms with Crippen LogP contribution in [-0.2, 0) is 0 Å². The van der Waals surface area contributed by atoms with Gasteiger partial charge in [-0.3, -0.25) is 0 Å². The number of aryl methyl sites for hydroxylation is 1. The van der Waals surface area contributed by atoms with E-state index in [9.17, 15) is 4.79 Å². The Morgan fingerprint density at radius 1 is 1.15 bits per heavy atom. The van der Waals surface area contributed by atoms with E-state index >= 15 is 0 Å². The van der Waals surface area contributed by atoms with E-state index in [2.05, 4.69) is 29.8 Å². The Hall–Kier alpha value is -1.61. The van der Waals surface area contributed by atoms with Crippen molar-refractivity contribution in [3.05, 3.63) is 63.6 Å². The highest BCUT2D eigenvalue weighted by Gasteiger charge is 2.13. The van der Waals surface area contributed by atoms with Gasteiger partial charge in [0.15, 0.2) is 0 Å². The van der Waals surface area contributed by atoms with E-state index in [1.807, 2.05) is 43.3 Å². The largest absolute Gasteiger partial charge is 0.422 e. The minimum absolute atomic E-state index is 0.332. The molecular formula is C17H17BrO2. The Morgan fingerprint density at radius 3 is 2.45 bits per heavy atom. The molecule has 0 aliphatic heterocycles. The second kappa shape index (κ2) is 6.23. The number of ether oxygens (including phenoxy) is 1. The van der Waals surface area contributed by atoms with Crippen LogP contribution >= 0.6 is 15.9 Å². The molecule has 0 N–H and O–H groups in total. The lowest BCUT2D eigenvalue weighted by molar-refractivity contribution is 0.0733. The third-order valence-electron chi connectivity index (χ3n) is 3.19. The second-order valence-corrected chi connectivity index (χ2v) is 5.90. The number of esters is 1. The first-order chi connectivity index (χ1) is 9.49. The van der Waals surface area contributed by atoms with Crippen LogP contribution in [0.2, 0.25) is 0 Å². The Morgan fingerprint density at radius 2 is 1.85 bits per heavy atom. The second-order valence-electron chi connectivity index (χ2n) is 5.05. The van der Waals surface area contributed by atoms with Gasteiger partial charge in [-0.15, -0.1) is 0 Å². The molecule has 2 nitrogen and oxygen atoms in total. The highest BCUT2D eigenvalue weighted by atomic mass is 79.9. The smallest absolute Gasteiger partial charge is 0.343 e. The first kappa shape index (κ1) is 14.8. The summed E-state index contributed by atoms with van der Waals surface area (Å²) in [6.45, 7) is 6.15. The van der Waals surface area contributed by atoms with Crippen molar-refractivity contribution in [3.63, 3.8) is 0 Å². The van der Waals surface area contributed by atoms with Gasteiger partial charge in [-0.1, -0.05) is 38.1 Å². The number of carbonyl (C=O) groups excluding carboxylic acids is 1. The van der Waals surface area contributed by atoms with Crippen molar-refractivity contribution >= 4 is 21.9 Å². The molecule has 0 saturated heterocycles. The molecule has 0 radical (unpaired) electrons. The number of benzene rings is 2. The Balaban J connectivity index is 2.22. The van der Waals surface area contributed by atoms with Gasteiger partial charge >= 0.3 is 5.97 Å². The molecule has 2 rings (SSSR count). The van der Waals surface area contributed by atoms with Crippen LogP contribution < -0.4 is 4.74 Å². The summed E-state index contributed by atoms with van der Waals surface area (Å²) in [6.07, 6.45) is 0. The van der Waals surface area contributed by atoms with Gasteiger partial charge in [0.2, 0.25) is 0 Å². The first-order valence-electron chi connectivity index (χ1n) is 6.56. The van der Waals surface area contributed by atoms with Crippen molar-refractivity contribution in [2.45, 2.75) is 26.7 Å². The molecule has 0 unspecified atom stereocenters. The Bertz CT molecular complexity index is 633. The molecule has 0 bridgehead atoms. The average molecular weight is 333 g/mol. The molecule has 20 heavy (non-hydrogen) atoms. The maximum atomic E-state index is 12.2. The molecular weight excluding hydrogens is 316 g/mol. The van der Waals surface area contributed by atoms with Crippen molar-refractivity contribution in [1.29, 1.82) is 0 Å². The van der Waals surface area contributed by atoms with Crippen molar-refractivity contribution in [1.82, 2.24) is 0 Å². The van der Waals surface area contributed by atoms with Crippen molar-refractivity contribution in [2.24, 2.45) is 0 Å². The van der Waals surface area contributed by atoms with Crippen molar-refractivity contribution in [3.8, 4) is 5.75 Å². The van der Waals surface area contributed by atoms with E-state index in [0.717, 1.165) is 10.0 Å². The normalized spacial score (nSPS) is 10.7. The summed E-state index contributed by atoms with van der Waals surface area (Å²) in [6, 6.07) is 13.2. The molecule has 0 aliphatic carbocycles. The summed E-state index contributed by atoms with van der Waals surface area (Å²) in [7, 11) is 0. The van der Waals surface area contributed by atoms with Crippen LogP contribution in [0.1, 0.15) is 41.3 Å². The zero-order valence-electron chi connectivity index (χ0n) is 11.8. The minimum atomic E-state index is -0.332. The van der Waals surface area contributed by atoms with E-state index < -0.39 is 0 Å². The van der Waals surface area contributed by atoms with Gasteiger partial charge in [0.25, 0.3) is 0 Å². The molecule has 2 aromatic rings. The molecule has 104 valence electrons. The van der Waals surface area contributed by atoms with Crippen LogP contribution in [0.4, 0.5) is 0 Å². The first-order valence-corrected chi connectivity index (χ1v) is 7.35. The maximum absolute atomic E-state index is 12.2. The van der Waals surface area contributed by atoms with Crippen LogP contribution in [0.15, 0.2) is 46.9 Å². The summed E-state index contributed by atoms with van der Waals surface area (Å²) in [5.74, 6) is 0.649. The topological polar surface area (TPSA) is 26.3 Å². The van der Waals surface area contributed by atoms with Crippen LogP contribution in [0.25, 0.3) is 0 Å². The molecule has 0 aromatic heterocycles. The van der Waals surface area contributed by atoms with Gasteiger partial charge in [0.1, 0.15) is 5.75 Å². The fourth-order valence-corrected chi connectivity index (χ4v) is 2.39. The molecule has 0 spiro atoms. The SMILES string of the molecule is Cc1ccccc1C(=O)Oc1ccc(C(C)C)cc1Br. The third kappa shape index (κ3) is 3.28. The van der Waals surface area contributed by atoms with Gasteiger partial charge in [-0.25, -0.2) is 4.79 Å². The molecule has 0 heterocycles. The summed E-state index contributed by atoms with van der Waals surface area (Å²) in [4.78, 5) is 12.2. The Kier molecular flexibility index (Phi) is 4.61. The van der Waals surface area contributed by atoms with E-state index in [1.54, 1.807) is 6.07 Å². The molecule has 2 aromatic carbocycles. The lowest BCUT2D eigenvalue weighted by Crippen LogP contribution is -2.10. The molecule has 0 atom stereocenters. The van der Waals surface area contributed by atoms with Crippen molar-refractivity contribution < 1.29 is 9.53 Å². The van der Waals surface area contributed by atoms with Gasteiger partial charge in [0, 0.05) is 0 Å². The number of rotatable bonds is 3. The zero-order chi connectivity index (χ0) is 14.7. The maximum Gasteiger partial charge on any atom is 0.343 e. The molecule has 0 saturated carbocycles. The monoisotopic (exact) mass is 332 g/mol. The van der Waals surface area contributed by atoms with E-state index in [4.69, 9.17) is 4.74 Å². The van der Waals surface area contributed by atoms with Crippen LogP contribution in [0.3, 0.4) is 0 Å². The highest BCUT2D eigenvalue weighted by molar-refractivity contribution is 9.10. The number of hydrogen-bond donors (Lipinski definition) is 0. The van der Waals surface area contributed by atoms with E-state index in [-0.39, 0.29) is 5.97 Å². The number of carbonyl (C=O) groups is 1. The molecule has 0 fully saturated rings. The van der Waals surface area contributed by atoms with Gasteiger partial charge in [-0.05, 0) is 58.1 Å². The fraction of sp³-hybridized carbons (Fsp3) is 0.235. The predicted octanol–water partition coefficient (Wildman–Crippen LogP) is 5.10. The summed E-state index contributed by atoms with van der Waals surface area (Å²) in [5.41, 5.74) is 2.70.